The molecule has 0 spiro atoms. The molecule has 0 aliphatic carbocycles. The fourth-order valence-electron chi connectivity index (χ4n) is 1.51. The summed E-state index contributed by atoms with van der Waals surface area (Å²) in [7, 11) is 1.26. The van der Waals surface area contributed by atoms with Crippen molar-refractivity contribution in [3.63, 3.8) is 0 Å². The first-order chi connectivity index (χ1) is 10.4. The molecule has 0 radical (unpaired) electrons. The molecular formula is C15H18O6S. The minimum absolute atomic E-state index is 0.0171. The Morgan fingerprint density at radius 1 is 1.23 bits per heavy atom. The van der Waals surface area contributed by atoms with Crippen LogP contribution < -0.4 is 4.74 Å². The number of thiol groups is 1. The van der Waals surface area contributed by atoms with E-state index in [0.29, 0.717) is 0 Å². The maximum atomic E-state index is 11.8. The van der Waals surface area contributed by atoms with Gasteiger partial charge in [-0.1, -0.05) is 13.0 Å². The maximum Gasteiger partial charge on any atom is 0.338 e. The molecule has 1 unspecified atom stereocenters. The van der Waals surface area contributed by atoms with E-state index in [1.807, 2.05) is 0 Å². The standard InChI is InChI=1S/C15H18O6S/c1-10(22)8-14(17)21-12-5-3-4-11(9-12)15(18)20-7-6-13(16)19-2/h3-5,9-10,22H,6-8H2,1-2H3. The quantitative estimate of drug-likeness (QED) is 0.469. The van der Waals surface area contributed by atoms with Crippen molar-refractivity contribution in [1.82, 2.24) is 0 Å². The first kappa shape index (κ1) is 18.0. The highest BCUT2D eigenvalue weighted by molar-refractivity contribution is 7.80. The Bertz CT molecular complexity index is 541. The van der Waals surface area contributed by atoms with Gasteiger partial charge in [0.15, 0.2) is 0 Å². The number of carbonyl (C=O) groups excluding carboxylic acids is 3. The molecule has 120 valence electrons. The Labute approximate surface area is 134 Å². The van der Waals surface area contributed by atoms with Crippen LogP contribution in [-0.4, -0.2) is 36.9 Å². The van der Waals surface area contributed by atoms with Crippen LogP contribution in [0.15, 0.2) is 24.3 Å². The number of methoxy groups -OCH3 is 1. The van der Waals surface area contributed by atoms with Gasteiger partial charge in [-0.05, 0) is 18.2 Å². The summed E-state index contributed by atoms with van der Waals surface area (Å²) in [5, 5.41) is -0.112. The molecule has 0 fully saturated rings. The summed E-state index contributed by atoms with van der Waals surface area (Å²) in [4.78, 5) is 34.3. The third kappa shape index (κ3) is 6.62. The van der Waals surface area contributed by atoms with Crippen LogP contribution in [-0.2, 0) is 19.1 Å². The summed E-state index contributed by atoms with van der Waals surface area (Å²) >= 11 is 4.11. The van der Waals surface area contributed by atoms with Crippen molar-refractivity contribution < 1.29 is 28.6 Å². The molecule has 0 saturated carbocycles. The van der Waals surface area contributed by atoms with Crippen LogP contribution in [0.2, 0.25) is 0 Å². The third-order valence-electron chi connectivity index (χ3n) is 2.53. The number of carbonyl (C=O) groups is 3. The molecule has 6 nitrogen and oxygen atoms in total. The SMILES string of the molecule is COC(=O)CCOC(=O)c1cccc(OC(=O)CC(C)S)c1. The zero-order chi connectivity index (χ0) is 16.5. The molecule has 0 aliphatic heterocycles. The van der Waals surface area contributed by atoms with Gasteiger partial charge in [0.25, 0.3) is 0 Å². The van der Waals surface area contributed by atoms with Gasteiger partial charge in [-0.2, -0.15) is 12.6 Å². The van der Waals surface area contributed by atoms with E-state index in [1.54, 1.807) is 19.1 Å². The van der Waals surface area contributed by atoms with Gasteiger partial charge < -0.3 is 14.2 Å². The van der Waals surface area contributed by atoms with Gasteiger partial charge in [0.2, 0.25) is 0 Å². The number of benzene rings is 1. The smallest absolute Gasteiger partial charge is 0.338 e. The molecule has 0 aromatic heterocycles. The first-order valence-corrected chi connectivity index (χ1v) is 7.16. The topological polar surface area (TPSA) is 78.9 Å². The molecule has 1 aromatic rings. The van der Waals surface area contributed by atoms with Gasteiger partial charge in [-0.25, -0.2) is 4.79 Å². The number of ether oxygens (including phenoxy) is 3. The van der Waals surface area contributed by atoms with Crippen LogP contribution in [0.25, 0.3) is 0 Å². The normalized spacial score (nSPS) is 11.4. The first-order valence-electron chi connectivity index (χ1n) is 6.65. The van der Waals surface area contributed by atoms with Crippen LogP contribution in [0.1, 0.15) is 30.1 Å². The average molecular weight is 326 g/mol. The zero-order valence-electron chi connectivity index (χ0n) is 12.4. The fraction of sp³-hybridized carbons (Fsp3) is 0.400. The predicted octanol–water partition coefficient (Wildman–Crippen LogP) is 2.02. The zero-order valence-corrected chi connectivity index (χ0v) is 13.3. The van der Waals surface area contributed by atoms with Crippen LogP contribution in [0.4, 0.5) is 0 Å². The summed E-state index contributed by atoms with van der Waals surface area (Å²) in [6.07, 6.45) is 0.146. The van der Waals surface area contributed by atoms with Crippen molar-refractivity contribution in [2.45, 2.75) is 25.0 Å². The summed E-state index contributed by atoms with van der Waals surface area (Å²) in [5.41, 5.74) is 0.231. The van der Waals surface area contributed by atoms with Gasteiger partial charge in [0.05, 0.1) is 25.5 Å². The second-order valence-electron chi connectivity index (χ2n) is 4.52. The second-order valence-corrected chi connectivity index (χ2v) is 5.40. The van der Waals surface area contributed by atoms with Crippen molar-refractivity contribution in [2.75, 3.05) is 13.7 Å². The Morgan fingerprint density at radius 2 is 1.95 bits per heavy atom. The van der Waals surface area contributed by atoms with Crippen molar-refractivity contribution >= 4 is 30.5 Å². The van der Waals surface area contributed by atoms with Gasteiger partial charge in [0, 0.05) is 5.25 Å². The lowest BCUT2D eigenvalue weighted by Gasteiger charge is -2.08. The lowest BCUT2D eigenvalue weighted by molar-refractivity contribution is -0.141. The summed E-state index contributed by atoms with van der Waals surface area (Å²) in [5.74, 6) is -1.25. The van der Waals surface area contributed by atoms with E-state index in [1.165, 1.54) is 19.2 Å². The molecule has 0 aliphatic rings. The van der Waals surface area contributed by atoms with Gasteiger partial charge in [-0.15, -0.1) is 0 Å². The number of esters is 3. The van der Waals surface area contributed by atoms with Crippen LogP contribution in [0, 0.1) is 0 Å². The van der Waals surface area contributed by atoms with Gasteiger partial charge in [-0.3, -0.25) is 9.59 Å². The lowest BCUT2D eigenvalue weighted by Crippen LogP contribution is -2.13. The van der Waals surface area contributed by atoms with Crippen molar-refractivity contribution in [3.05, 3.63) is 29.8 Å². The molecule has 22 heavy (non-hydrogen) atoms. The molecule has 0 bridgehead atoms. The van der Waals surface area contributed by atoms with E-state index in [-0.39, 0.29) is 36.0 Å². The Hall–Kier alpha value is -2.02. The molecule has 1 atom stereocenters. The minimum Gasteiger partial charge on any atom is -0.469 e. The molecule has 0 amide bonds. The van der Waals surface area contributed by atoms with E-state index in [9.17, 15) is 14.4 Å². The highest BCUT2D eigenvalue weighted by atomic mass is 32.1. The van der Waals surface area contributed by atoms with Crippen molar-refractivity contribution in [3.8, 4) is 5.75 Å². The molecular weight excluding hydrogens is 308 g/mol. The Balaban J connectivity index is 2.57. The van der Waals surface area contributed by atoms with E-state index in [4.69, 9.17) is 9.47 Å². The summed E-state index contributed by atoms with van der Waals surface area (Å²) < 4.78 is 14.5. The Kier molecular flexibility index (Phi) is 7.45. The number of hydrogen-bond acceptors (Lipinski definition) is 7. The molecule has 1 aromatic carbocycles. The average Bonchev–Trinajstić information content (AvgIpc) is 2.46. The van der Waals surface area contributed by atoms with E-state index in [0.717, 1.165) is 0 Å². The molecule has 1 rings (SSSR count). The maximum absolute atomic E-state index is 11.8. The largest absolute Gasteiger partial charge is 0.469 e. The third-order valence-corrected chi connectivity index (χ3v) is 2.71. The summed E-state index contributed by atoms with van der Waals surface area (Å²) in [6.45, 7) is 1.70. The molecule has 0 saturated heterocycles. The molecule has 0 heterocycles. The van der Waals surface area contributed by atoms with Crippen molar-refractivity contribution in [1.29, 1.82) is 0 Å². The van der Waals surface area contributed by atoms with Gasteiger partial charge >= 0.3 is 17.9 Å². The molecule has 7 heteroatoms. The minimum atomic E-state index is -0.607. The highest BCUT2D eigenvalue weighted by Crippen LogP contribution is 2.16. The Morgan fingerprint density at radius 3 is 2.59 bits per heavy atom. The van der Waals surface area contributed by atoms with Gasteiger partial charge in [0.1, 0.15) is 12.4 Å². The second kappa shape index (κ2) is 9.09. The number of hydrogen-bond donors (Lipinski definition) is 1. The van der Waals surface area contributed by atoms with Crippen LogP contribution in [0.5, 0.6) is 5.75 Å². The number of rotatable bonds is 7. The van der Waals surface area contributed by atoms with Crippen LogP contribution >= 0.6 is 12.6 Å². The van der Waals surface area contributed by atoms with E-state index >= 15 is 0 Å². The fourth-order valence-corrected chi connectivity index (χ4v) is 1.66. The molecule has 0 N–H and O–H groups in total. The van der Waals surface area contributed by atoms with Crippen molar-refractivity contribution in [2.24, 2.45) is 0 Å². The summed E-state index contributed by atoms with van der Waals surface area (Å²) in [6, 6.07) is 6.07. The van der Waals surface area contributed by atoms with E-state index < -0.39 is 17.9 Å². The predicted molar refractivity (Wildman–Crippen MR) is 82.1 cm³/mol. The van der Waals surface area contributed by atoms with Crippen LogP contribution in [0.3, 0.4) is 0 Å². The lowest BCUT2D eigenvalue weighted by atomic mass is 10.2. The highest BCUT2D eigenvalue weighted by Gasteiger charge is 2.12. The van der Waals surface area contributed by atoms with E-state index in [2.05, 4.69) is 17.4 Å². The monoisotopic (exact) mass is 326 g/mol.